The molecule has 1 aromatic carbocycles. The van der Waals surface area contributed by atoms with E-state index < -0.39 is 0 Å². The van der Waals surface area contributed by atoms with Gasteiger partial charge in [0.15, 0.2) is 5.78 Å². The van der Waals surface area contributed by atoms with Crippen molar-refractivity contribution in [2.45, 2.75) is 37.1 Å². The first-order valence-corrected chi connectivity index (χ1v) is 6.61. The Balaban J connectivity index is 2.59. The predicted molar refractivity (Wildman–Crippen MR) is 70.1 cm³/mol. The molecule has 88 valence electrons. The van der Waals surface area contributed by atoms with Gasteiger partial charge in [0.05, 0.1) is 0 Å². The normalized spacial score (nSPS) is 11.5. The number of hydrogen-bond acceptors (Lipinski definition) is 3. The second-order valence-corrected chi connectivity index (χ2v) is 5.52. The number of Topliss-reactive ketones (excluding diaryl/α,β-unsaturated/α-hetero) is 1. The minimum absolute atomic E-state index is 0.172. The Morgan fingerprint density at radius 1 is 1.31 bits per heavy atom. The lowest BCUT2D eigenvalue weighted by molar-refractivity contribution is 0.0972. The third-order valence-electron chi connectivity index (χ3n) is 2.41. The maximum absolute atomic E-state index is 11.8. The van der Waals surface area contributed by atoms with Gasteiger partial charge in [-0.2, -0.15) is 0 Å². The standard InChI is InChI=1S/C13H19NOS/c1-13(2,14)9-8-12(15)10-4-6-11(16-3)7-5-10/h4-7H,8-9,14H2,1-3H3. The molecule has 0 aromatic heterocycles. The van der Waals surface area contributed by atoms with E-state index in [1.165, 1.54) is 4.90 Å². The highest BCUT2D eigenvalue weighted by molar-refractivity contribution is 7.98. The maximum atomic E-state index is 11.8. The molecule has 2 nitrogen and oxygen atoms in total. The van der Waals surface area contributed by atoms with Crippen molar-refractivity contribution >= 4 is 17.5 Å². The van der Waals surface area contributed by atoms with Crippen molar-refractivity contribution in [1.82, 2.24) is 0 Å². The molecular formula is C13H19NOS. The third-order valence-corrected chi connectivity index (χ3v) is 3.15. The van der Waals surface area contributed by atoms with E-state index in [0.717, 1.165) is 12.0 Å². The van der Waals surface area contributed by atoms with Gasteiger partial charge in [-0.15, -0.1) is 11.8 Å². The van der Waals surface area contributed by atoms with Crippen molar-refractivity contribution in [2.75, 3.05) is 6.26 Å². The highest BCUT2D eigenvalue weighted by Gasteiger charge is 2.14. The number of nitrogens with two attached hydrogens (primary N) is 1. The Kier molecular flexibility index (Phi) is 4.56. The topological polar surface area (TPSA) is 43.1 Å². The van der Waals surface area contributed by atoms with Crippen LogP contribution in [0.2, 0.25) is 0 Å². The number of rotatable bonds is 5. The molecule has 1 rings (SSSR count). The highest BCUT2D eigenvalue weighted by Crippen LogP contribution is 2.17. The van der Waals surface area contributed by atoms with Crippen LogP contribution in [-0.2, 0) is 0 Å². The van der Waals surface area contributed by atoms with E-state index in [4.69, 9.17) is 5.73 Å². The summed E-state index contributed by atoms with van der Waals surface area (Å²) >= 11 is 1.68. The van der Waals surface area contributed by atoms with Crippen LogP contribution in [0.25, 0.3) is 0 Å². The van der Waals surface area contributed by atoms with Crippen LogP contribution in [0.1, 0.15) is 37.0 Å². The second-order valence-electron chi connectivity index (χ2n) is 4.64. The summed E-state index contributed by atoms with van der Waals surface area (Å²) in [6, 6.07) is 7.73. The molecule has 0 spiro atoms. The monoisotopic (exact) mass is 237 g/mol. The fourth-order valence-corrected chi connectivity index (χ4v) is 1.77. The molecule has 0 saturated carbocycles. The van der Waals surface area contributed by atoms with Gasteiger partial charge >= 0.3 is 0 Å². The number of hydrogen-bond donors (Lipinski definition) is 1. The fourth-order valence-electron chi connectivity index (χ4n) is 1.36. The molecular weight excluding hydrogens is 218 g/mol. The molecule has 0 saturated heterocycles. The molecule has 3 heteroatoms. The van der Waals surface area contributed by atoms with E-state index in [-0.39, 0.29) is 11.3 Å². The van der Waals surface area contributed by atoms with Gasteiger partial charge in [0, 0.05) is 22.4 Å². The summed E-state index contributed by atoms with van der Waals surface area (Å²) in [5, 5.41) is 0. The smallest absolute Gasteiger partial charge is 0.162 e. The summed E-state index contributed by atoms with van der Waals surface area (Å²) < 4.78 is 0. The zero-order valence-corrected chi connectivity index (χ0v) is 10.9. The van der Waals surface area contributed by atoms with Crippen LogP contribution in [0.3, 0.4) is 0 Å². The number of thioether (sulfide) groups is 1. The molecule has 0 bridgehead atoms. The molecule has 0 radical (unpaired) electrons. The van der Waals surface area contributed by atoms with Crippen LogP contribution in [-0.4, -0.2) is 17.6 Å². The second kappa shape index (κ2) is 5.51. The number of carbonyl (C=O) groups is 1. The predicted octanol–water partition coefficient (Wildman–Crippen LogP) is 3.11. The van der Waals surface area contributed by atoms with Crippen LogP contribution in [0.5, 0.6) is 0 Å². The van der Waals surface area contributed by atoms with Crippen molar-refractivity contribution in [2.24, 2.45) is 5.73 Å². The van der Waals surface area contributed by atoms with Crippen molar-refractivity contribution in [3.63, 3.8) is 0 Å². The van der Waals surface area contributed by atoms with Crippen LogP contribution < -0.4 is 5.73 Å². The van der Waals surface area contributed by atoms with Crippen molar-refractivity contribution in [1.29, 1.82) is 0 Å². The third kappa shape index (κ3) is 4.37. The molecule has 0 fully saturated rings. The Bertz CT molecular complexity index is 351. The Morgan fingerprint density at radius 2 is 1.88 bits per heavy atom. The molecule has 0 aliphatic carbocycles. The summed E-state index contributed by atoms with van der Waals surface area (Å²) in [7, 11) is 0. The first kappa shape index (κ1) is 13.3. The van der Waals surface area contributed by atoms with E-state index in [9.17, 15) is 4.79 Å². The molecule has 1 aromatic rings. The van der Waals surface area contributed by atoms with Crippen molar-refractivity contribution in [3.8, 4) is 0 Å². The summed E-state index contributed by atoms with van der Waals surface area (Å²) in [6.07, 6.45) is 3.26. The number of ketones is 1. The fraction of sp³-hybridized carbons (Fsp3) is 0.462. The molecule has 16 heavy (non-hydrogen) atoms. The first-order chi connectivity index (χ1) is 7.42. The van der Waals surface area contributed by atoms with Crippen LogP contribution in [0.15, 0.2) is 29.2 Å². The summed E-state index contributed by atoms with van der Waals surface area (Å²) in [6.45, 7) is 3.88. The van der Waals surface area contributed by atoms with Crippen molar-refractivity contribution in [3.05, 3.63) is 29.8 Å². The lowest BCUT2D eigenvalue weighted by atomic mass is 9.96. The highest BCUT2D eigenvalue weighted by atomic mass is 32.2. The Labute approximate surface area is 102 Å². The van der Waals surface area contributed by atoms with Gasteiger partial charge in [-0.3, -0.25) is 4.79 Å². The van der Waals surface area contributed by atoms with E-state index >= 15 is 0 Å². The molecule has 0 aliphatic heterocycles. The Hall–Kier alpha value is -0.800. The van der Waals surface area contributed by atoms with Gasteiger partial charge in [-0.1, -0.05) is 12.1 Å². The van der Waals surface area contributed by atoms with Crippen LogP contribution in [0.4, 0.5) is 0 Å². The minimum Gasteiger partial charge on any atom is -0.326 e. The van der Waals surface area contributed by atoms with Gasteiger partial charge in [0.25, 0.3) is 0 Å². The Morgan fingerprint density at radius 3 is 2.31 bits per heavy atom. The first-order valence-electron chi connectivity index (χ1n) is 5.38. The minimum atomic E-state index is -0.269. The lowest BCUT2D eigenvalue weighted by Gasteiger charge is -2.17. The quantitative estimate of drug-likeness (QED) is 0.632. The average molecular weight is 237 g/mol. The van der Waals surface area contributed by atoms with Gasteiger partial charge in [-0.05, 0) is 38.7 Å². The van der Waals surface area contributed by atoms with E-state index in [1.54, 1.807) is 11.8 Å². The number of benzene rings is 1. The molecule has 0 amide bonds. The average Bonchev–Trinajstić information content (AvgIpc) is 2.25. The summed E-state index contributed by atoms with van der Waals surface area (Å²) in [4.78, 5) is 13.0. The zero-order valence-electron chi connectivity index (χ0n) is 10.1. The number of carbonyl (C=O) groups excluding carboxylic acids is 1. The van der Waals surface area contributed by atoms with Crippen LogP contribution in [0, 0.1) is 0 Å². The lowest BCUT2D eigenvalue weighted by Crippen LogP contribution is -2.32. The molecule has 0 heterocycles. The zero-order chi connectivity index (χ0) is 12.2. The molecule has 0 aliphatic rings. The van der Waals surface area contributed by atoms with E-state index in [1.807, 2.05) is 44.4 Å². The molecule has 0 unspecified atom stereocenters. The molecule has 0 atom stereocenters. The SMILES string of the molecule is CSc1ccc(C(=O)CCC(C)(C)N)cc1. The largest absolute Gasteiger partial charge is 0.326 e. The van der Waals surface area contributed by atoms with Gasteiger partial charge < -0.3 is 5.73 Å². The van der Waals surface area contributed by atoms with Crippen molar-refractivity contribution < 1.29 is 4.79 Å². The van der Waals surface area contributed by atoms with Crippen LogP contribution >= 0.6 is 11.8 Å². The van der Waals surface area contributed by atoms with E-state index in [0.29, 0.717) is 6.42 Å². The van der Waals surface area contributed by atoms with Gasteiger partial charge in [-0.25, -0.2) is 0 Å². The molecule has 2 N–H and O–H groups in total. The summed E-state index contributed by atoms with van der Waals surface area (Å²) in [5.41, 5.74) is 6.36. The van der Waals surface area contributed by atoms with E-state index in [2.05, 4.69) is 0 Å². The summed E-state index contributed by atoms with van der Waals surface area (Å²) in [5.74, 6) is 0.172. The van der Waals surface area contributed by atoms with Gasteiger partial charge in [0.1, 0.15) is 0 Å². The van der Waals surface area contributed by atoms with Gasteiger partial charge in [0.2, 0.25) is 0 Å². The maximum Gasteiger partial charge on any atom is 0.162 e.